The summed E-state index contributed by atoms with van der Waals surface area (Å²) in [6.45, 7) is 0.426. The molecule has 33 heavy (non-hydrogen) atoms. The van der Waals surface area contributed by atoms with Gasteiger partial charge in [0.2, 0.25) is 12.7 Å². The van der Waals surface area contributed by atoms with Gasteiger partial charge in [-0.3, -0.25) is 14.4 Å². The number of benzene rings is 2. The number of nitrogens with one attached hydrogen (secondary N) is 2. The first kappa shape index (κ1) is 22.9. The second-order valence-electron chi connectivity index (χ2n) is 8.17. The van der Waals surface area contributed by atoms with Crippen LogP contribution in [0.5, 0.6) is 11.5 Å². The summed E-state index contributed by atoms with van der Waals surface area (Å²) >= 11 is 3.34. The van der Waals surface area contributed by atoms with Crippen molar-refractivity contribution >= 4 is 45.1 Å². The van der Waals surface area contributed by atoms with Crippen molar-refractivity contribution in [2.75, 3.05) is 17.8 Å². The highest BCUT2D eigenvalue weighted by Crippen LogP contribution is 2.33. The molecular weight excluding hydrogens is 494 g/mol. The average Bonchev–Trinajstić information content (AvgIpc) is 3.27. The van der Waals surface area contributed by atoms with Crippen molar-refractivity contribution < 1.29 is 29.0 Å². The Morgan fingerprint density at radius 1 is 1.03 bits per heavy atom. The van der Waals surface area contributed by atoms with Crippen molar-refractivity contribution in [3.63, 3.8) is 0 Å². The lowest BCUT2D eigenvalue weighted by Gasteiger charge is -2.25. The van der Waals surface area contributed by atoms with E-state index in [1.165, 1.54) is 0 Å². The van der Waals surface area contributed by atoms with Crippen LogP contribution < -0.4 is 25.8 Å². The van der Waals surface area contributed by atoms with Gasteiger partial charge in [-0.25, -0.2) is 0 Å². The second kappa shape index (κ2) is 9.70. The van der Waals surface area contributed by atoms with Gasteiger partial charge < -0.3 is 30.9 Å². The van der Waals surface area contributed by atoms with Crippen molar-refractivity contribution in [1.82, 2.24) is 5.32 Å². The molecule has 0 radical (unpaired) electrons. The molecule has 2 aliphatic rings. The maximum absolute atomic E-state index is 13.0. The highest BCUT2D eigenvalue weighted by Gasteiger charge is 2.30. The molecule has 0 saturated heterocycles. The molecule has 1 saturated carbocycles. The number of halogens is 1. The second-order valence-corrected chi connectivity index (χ2v) is 9.02. The van der Waals surface area contributed by atoms with Gasteiger partial charge in [0, 0.05) is 22.6 Å². The number of nitrogens with two attached hydrogens (primary N) is 1. The third-order valence-electron chi connectivity index (χ3n) is 5.98. The first-order valence-corrected chi connectivity index (χ1v) is 11.4. The van der Waals surface area contributed by atoms with Crippen molar-refractivity contribution in [1.29, 1.82) is 0 Å². The van der Waals surface area contributed by atoms with E-state index in [-0.39, 0.29) is 36.6 Å². The van der Waals surface area contributed by atoms with Gasteiger partial charge in [0.1, 0.15) is 0 Å². The average molecular weight is 518 g/mol. The Morgan fingerprint density at radius 2 is 1.73 bits per heavy atom. The number of carbonyl (C=O) groups is 3. The van der Waals surface area contributed by atoms with E-state index in [4.69, 9.17) is 20.3 Å². The maximum Gasteiger partial charge on any atom is 0.306 e. The molecule has 0 atom stereocenters. The molecule has 10 heteroatoms. The summed E-state index contributed by atoms with van der Waals surface area (Å²) in [5.74, 6) is -0.873. The summed E-state index contributed by atoms with van der Waals surface area (Å²) < 4.78 is 11.2. The van der Waals surface area contributed by atoms with E-state index in [1.54, 1.807) is 24.3 Å². The van der Waals surface area contributed by atoms with Crippen LogP contribution >= 0.6 is 15.9 Å². The summed E-state index contributed by atoms with van der Waals surface area (Å²) in [5, 5.41) is 14.8. The van der Waals surface area contributed by atoms with E-state index >= 15 is 0 Å². The lowest BCUT2D eigenvalue weighted by Crippen LogP contribution is -2.31. The molecule has 174 valence electrons. The quantitative estimate of drug-likeness (QED) is 0.429. The van der Waals surface area contributed by atoms with Crippen LogP contribution in [0.3, 0.4) is 0 Å². The van der Waals surface area contributed by atoms with Gasteiger partial charge in [0.25, 0.3) is 5.91 Å². The minimum Gasteiger partial charge on any atom is -0.481 e. The van der Waals surface area contributed by atoms with E-state index < -0.39 is 11.9 Å². The zero-order valence-corrected chi connectivity index (χ0v) is 19.3. The molecule has 0 bridgehead atoms. The normalized spacial score (nSPS) is 19.1. The van der Waals surface area contributed by atoms with E-state index in [1.807, 2.05) is 6.07 Å². The van der Waals surface area contributed by atoms with Crippen molar-refractivity contribution in [3.05, 3.63) is 45.9 Å². The van der Waals surface area contributed by atoms with Crippen molar-refractivity contribution in [3.8, 4) is 11.5 Å². The predicted molar refractivity (Wildman–Crippen MR) is 124 cm³/mol. The summed E-state index contributed by atoms with van der Waals surface area (Å²) in [6.07, 6.45) is 1.89. The molecule has 0 aromatic heterocycles. The number of ether oxygens (including phenoxy) is 2. The Kier molecular flexibility index (Phi) is 6.73. The van der Waals surface area contributed by atoms with Gasteiger partial charge in [0.15, 0.2) is 11.5 Å². The van der Waals surface area contributed by atoms with Crippen LogP contribution in [0.1, 0.15) is 41.6 Å². The fourth-order valence-electron chi connectivity index (χ4n) is 4.05. The van der Waals surface area contributed by atoms with Gasteiger partial charge in [-0.15, -0.1) is 0 Å². The van der Waals surface area contributed by atoms with Gasteiger partial charge in [-0.05, 0) is 71.4 Å². The maximum atomic E-state index is 13.0. The molecule has 1 aliphatic heterocycles. The number of aliphatic carboxylic acids is 1. The van der Waals surface area contributed by atoms with Crippen LogP contribution in [0.15, 0.2) is 34.8 Å². The first-order valence-electron chi connectivity index (χ1n) is 10.6. The van der Waals surface area contributed by atoms with Crippen LogP contribution in [0.2, 0.25) is 0 Å². The number of nitrogen functional groups attached to an aromatic ring is 1. The minimum atomic E-state index is -0.823. The number of carboxylic acid groups (broad SMARTS) is 1. The molecular formula is C23H24BrN3O6. The summed E-state index contributed by atoms with van der Waals surface area (Å²) in [6, 6.07) is 8.54. The third kappa shape index (κ3) is 5.22. The number of hydrogen-bond donors (Lipinski definition) is 4. The van der Waals surface area contributed by atoms with Crippen molar-refractivity contribution in [2.45, 2.75) is 32.2 Å². The van der Waals surface area contributed by atoms with Crippen LogP contribution in [0.4, 0.5) is 11.4 Å². The van der Waals surface area contributed by atoms with Crippen molar-refractivity contribution in [2.24, 2.45) is 11.8 Å². The van der Waals surface area contributed by atoms with Crippen LogP contribution in [-0.4, -0.2) is 29.7 Å². The molecule has 2 aromatic carbocycles. The molecule has 1 aliphatic carbocycles. The predicted octanol–water partition coefficient (Wildman–Crippen LogP) is 3.52. The molecule has 0 spiro atoms. The number of rotatable bonds is 6. The van der Waals surface area contributed by atoms with Gasteiger partial charge in [0.05, 0.1) is 17.2 Å². The van der Waals surface area contributed by atoms with Gasteiger partial charge in [-0.2, -0.15) is 0 Å². The number of hydrogen-bond acceptors (Lipinski definition) is 6. The number of carboxylic acids is 1. The summed E-state index contributed by atoms with van der Waals surface area (Å²) in [7, 11) is 0. The van der Waals surface area contributed by atoms with E-state index in [9.17, 15) is 14.4 Å². The molecule has 1 fully saturated rings. The molecule has 2 amide bonds. The Labute approximate surface area is 198 Å². The molecule has 2 aromatic rings. The zero-order valence-electron chi connectivity index (χ0n) is 17.7. The Bertz CT molecular complexity index is 1100. The number of fused-ring (bicyclic) bond motifs is 1. The molecule has 0 unspecified atom stereocenters. The van der Waals surface area contributed by atoms with E-state index in [2.05, 4.69) is 26.6 Å². The largest absolute Gasteiger partial charge is 0.481 e. The minimum absolute atomic E-state index is 0.172. The smallest absolute Gasteiger partial charge is 0.306 e. The Hall–Kier alpha value is -3.27. The fourth-order valence-corrected chi connectivity index (χ4v) is 4.39. The first-order chi connectivity index (χ1) is 15.8. The number of amides is 2. The highest BCUT2D eigenvalue weighted by atomic mass is 79.9. The Morgan fingerprint density at radius 3 is 2.45 bits per heavy atom. The SMILES string of the molecule is Nc1cc(NC(=O)[C@H]2CC[C@H](C(=O)O)CC2)c(C(=O)NCc2ccc3c(c2)OCO3)cc1Br. The van der Waals surface area contributed by atoms with E-state index in [0.29, 0.717) is 53.0 Å². The Balaban J connectivity index is 1.44. The number of anilines is 2. The molecule has 4 rings (SSSR count). The summed E-state index contributed by atoms with van der Waals surface area (Å²) in [4.78, 5) is 37.0. The number of carbonyl (C=O) groups excluding carboxylic acids is 2. The summed E-state index contributed by atoms with van der Waals surface area (Å²) in [5.41, 5.74) is 7.79. The fraction of sp³-hybridized carbons (Fsp3) is 0.348. The van der Waals surface area contributed by atoms with Crippen LogP contribution in [0.25, 0.3) is 0 Å². The monoisotopic (exact) mass is 517 g/mol. The topological polar surface area (TPSA) is 140 Å². The van der Waals surface area contributed by atoms with Gasteiger partial charge >= 0.3 is 5.97 Å². The van der Waals surface area contributed by atoms with Crippen LogP contribution in [0, 0.1) is 11.8 Å². The lowest BCUT2D eigenvalue weighted by molar-refractivity contribution is -0.143. The van der Waals surface area contributed by atoms with Gasteiger partial charge in [-0.1, -0.05) is 6.07 Å². The third-order valence-corrected chi connectivity index (χ3v) is 6.66. The van der Waals surface area contributed by atoms with Crippen LogP contribution in [-0.2, 0) is 16.1 Å². The molecule has 1 heterocycles. The highest BCUT2D eigenvalue weighted by molar-refractivity contribution is 9.10. The standard InChI is InChI=1S/C23H24BrN3O6/c24-16-8-15(22(29)26-10-12-1-6-19-20(7-12)33-11-32-19)18(9-17(16)25)27-21(28)13-2-4-14(5-3-13)23(30)31/h1,6-9,13-14H,2-5,10-11,25H2,(H,26,29)(H,27,28)(H,30,31)/t13-,14-. The van der Waals surface area contributed by atoms with E-state index in [0.717, 1.165) is 5.56 Å². The zero-order chi connectivity index (χ0) is 23.5. The lowest BCUT2D eigenvalue weighted by atomic mass is 9.81. The molecule has 9 nitrogen and oxygen atoms in total. The molecule has 5 N–H and O–H groups in total.